The Morgan fingerprint density at radius 3 is 2.79 bits per heavy atom. The summed E-state index contributed by atoms with van der Waals surface area (Å²) in [6.07, 6.45) is 7.59. The van der Waals surface area contributed by atoms with Crippen LogP contribution in [0.5, 0.6) is 0 Å². The molecule has 0 spiro atoms. The third-order valence-corrected chi connectivity index (χ3v) is 5.04. The molecule has 2 aliphatic rings. The van der Waals surface area contributed by atoms with E-state index >= 15 is 0 Å². The molecule has 1 aromatic heterocycles. The van der Waals surface area contributed by atoms with Crippen LogP contribution in [0.3, 0.4) is 0 Å². The van der Waals surface area contributed by atoms with Crippen molar-refractivity contribution in [3.05, 3.63) is 23.4 Å². The third-order valence-electron chi connectivity index (χ3n) is 5.04. The minimum absolute atomic E-state index is 0.0736. The summed E-state index contributed by atoms with van der Waals surface area (Å²) in [4.78, 5) is 6.83. The lowest BCUT2D eigenvalue weighted by molar-refractivity contribution is 0.281. The van der Waals surface area contributed by atoms with E-state index in [4.69, 9.17) is 5.11 Å². The van der Waals surface area contributed by atoms with Crippen molar-refractivity contribution in [3.63, 3.8) is 0 Å². The molecule has 3 heteroatoms. The maximum absolute atomic E-state index is 9.14. The van der Waals surface area contributed by atoms with Gasteiger partial charge >= 0.3 is 0 Å². The average Bonchev–Trinajstić information content (AvgIpc) is 3.00. The molecular weight excluding hydrogens is 236 g/mol. The Kier molecular flexibility index (Phi) is 3.48. The molecule has 0 saturated heterocycles. The van der Waals surface area contributed by atoms with E-state index in [1.54, 1.807) is 6.20 Å². The molecule has 2 aliphatic carbocycles. The Hall–Kier alpha value is -1.09. The van der Waals surface area contributed by atoms with Crippen LogP contribution in [0, 0.1) is 24.7 Å². The largest absolute Gasteiger partial charge is 0.392 e. The van der Waals surface area contributed by atoms with Gasteiger partial charge < -0.3 is 10.0 Å². The zero-order valence-corrected chi connectivity index (χ0v) is 12.0. The maximum Gasteiger partial charge on any atom is 0.131 e. The van der Waals surface area contributed by atoms with Crippen molar-refractivity contribution in [2.24, 2.45) is 17.8 Å². The summed E-state index contributed by atoms with van der Waals surface area (Å²) >= 11 is 0. The molecule has 3 unspecified atom stereocenters. The molecule has 2 fully saturated rings. The van der Waals surface area contributed by atoms with E-state index in [-0.39, 0.29) is 6.61 Å². The third kappa shape index (κ3) is 2.48. The molecule has 1 N–H and O–H groups in total. The van der Waals surface area contributed by atoms with Gasteiger partial charge in [-0.3, -0.25) is 0 Å². The Bertz CT molecular complexity index is 460. The van der Waals surface area contributed by atoms with Gasteiger partial charge in [0, 0.05) is 19.8 Å². The molecule has 2 saturated carbocycles. The van der Waals surface area contributed by atoms with Crippen molar-refractivity contribution in [2.45, 2.75) is 39.2 Å². The number of hydrogen-bond acceptors (Lipinski definition) is 3. The van der Waals surface area contributed by atoms with Crippen molar-refractivity contribution in [1.29, 1.82) is 0 Å². The molecule has 0 amide bonds. The van der Waals surface area contributed by atoms with Gasteiger partial charge in [0.2, 0.25) is 0 Å². The van der Waals surface area contributed by atoms with Crippen LogP contribution in [0.15, 0.2) is 12.3 Å². The van der Waals surface area contributed by atoms with Gasteiger partial charge in [-0.05, 0) is 61.1 Å². The first-order valence-electron chi connectivity index (χ1n) is 7.45. The SMILES string of the molecule is Cc1cc(CO)cnc1N(C)CC1CC2CCC1C2. The minimum Gasteiger partial charge on any atom is -0.392 e. The number of fused-ring (bicyclic) bond motifs is 2. The Morgan fingerprint density at radius 2 is 2.21 bits per heavy atom. The fourth-order valence-corrected chi connectivity index (χ4v) is 4.15. The molecular formula is C16H24N2O. The highest BCUT2D eigenvalue weighted by atomic mass is 16.3. The fraction of sp³-hybridized carbons (Fsp3) is 0.688. The van der Waals surface area contributed by atoms with Gasteiger partial charge in [-0.25, -0.2) is 4.98 Å². The second-order valence-electron chi connectivity index (χ2n) is 6.46. The standard InChI is InChI=1S/C16H24N2O/c1-11-5-13(10-19)8-17-16(11)18(2)9-15-7-12-3-4-14(15)6-12/h5,8,12,14-15,19H,3-4,6-7,9-10H2,1-2H3. The molecule has 1 heterocycles. The summed E-state index contributed by atoms with van der Waals surface area (Å²) in [6, 6.07) is 2.04. The lowest BCUT2D eigenvalue weighted by Crippen LogP contribution is -2.29. The summed E-state index contributed by atoms with van der Waals surface area (Å²) in [5.74, 6) is 3.90. The van der Waals surface area contributed by atoms with E-state index in [0.29, 0.717) is 0 Å². The van der Waals surface area contributed by atoms with Gasteiger partial charge in [-0.15, -0.1) is 0 Å². The van der Waals surface area contributed by atoms with Crippen molar-refractivity contribution in [1.82, 2.24) is 4.98 Å². The zero-order valence-electron chi connectivity index (χ0n) is 12.0. The highest BCUT2D eigenvalue weighted by Gasteiger charge is 2.39. The van der Waals surface area contributed by atoms with Crippen LogP contribution in [0.4, 0.5) is 5.82 Å². The number of aliphatic hydroxyl groups is 1. The lowest BCUT2D eigenvalue weighted by atomic mass is 9.88. The molecule has 0 aromatic carbocycles. The van der Waals surface area contributed by atoms with E-state index < -0.39 is 0 Å². The number of hydrogen-bond donors (Lipinski definition) is 1. The average molecular weight is 260 g/mol. The van der Waals surface area contributed by atoms with Crippen molar-refractivity contribution >= 4 is 5.82 Å². The second-order valence-corrected chi connectivity index (χ2v) is 6.46. The van der Waals surface area contributed by atoms with E-state index in [2.05, 4.69) is 23.9 Å². The number of nitrogens with zero attached hydrogens (tertiary/aromatic N) is 2. The predicted molar refractivity (Wildman–Crippen MR) is 77.1 cm³/mol. The first kappa shape index (κ1) is 12.9. The smallest absolute Gasteiger partial charge is 0.131 e. The van der Waals surface area contributed by atoms with E-state index in [9.17, 15) is 0 Å². The molecule has 0 radical (unpaired) electrons. The van der Waals surface area contributed by atoms with Gasteiger partial charge in [-0.2, -0.15) is 0 Å². The van der Waals surface area contributed by atoms with Gasteiger partial charge in [0.1, 0.15) is 5.82 Å². The summed E-state index contributed by atoms with van der Waals surface area (Å²) in [5.41, 5.74) is 2.06. The van der Waals surface area contributed by atoms with Gasteiger partial charge in [-0.1, -0.05) is 6.42 Å². The quantitative estimate of drug-likeness (QED) is 0.904. The number of aromatic nitrogens is 1. The molecule has 2 bridgehead atoms. The van der Waals surface area contributed by atoms with Crippen LogP contribution < -0.4 is 4.90 Å². The summed E-state index contributed by atoms with van der Waals surface area (Å²) < 4.78 is 0. The summed E-state index contributed by atoms with van der Waals surface area (Å²) in [6.45, 7) is 3.29. The van der Waals surface area contributed by atoms with E-state index in [1.165, 1.54) is 25.7 Å². The number of anilines is 1. The molecule has 104 valence electrons. The van der Waals surface area contributed by atoms with Crippen LogP contribution in [-0.2, 0) is 6.61 Å². The molecule has 3 rings (SSSR count). The highest BCUT2D eigenvalue weighted by molar-refractivity contribution is 5.46. The number of aliphatic hydroxyl groups excluding tert-OH is 1. The van der Waals surface area contributed by atoms with Crippen LogP contribution in [0.1, 0.15) is 36.8 Å². The summed E-state index contributed by atoms with van der Waals surface area (Å²) in [5, 5.41) is 9.14. The predicted octanol–water partition coefficient (Wildman–Crippen LogP) is 2.75. The first-order valence-corrected chi connectivity index (χ1v) is 7.45. The summed E-state index contributed by atoms with van der Waals surface area (Å²) in [7, 11) is 2.15. The maximum atomic E-state index is 9.14. The van der Waals surface area contributed by atoms with Crippen molar-refractivity contribution < 1.29 is 5.11 Å². The zero-order chi connectivity index (χ0) is 13.4. The van der Waals surface area contributed by atoms with Crippen LogP contribution in [-0.4, -0.2) is 23.7 Å². The van der Waals surface area contributed by atoms with E-state index in [0.717, 1.165) is 41.2 Å². The molecule has 19 heavy (non-hydrogen) atoms. The lowest BCUT2D eigenvalue weighted by Gasteiger charge is -2.28. The normalized spacial score (nSPS) is 28.9. The fourth-order valence-electron chi connectivity index (χ4n) is 4.15. The molecule has 3 atom stereocenters. The highest BCUT2D eigenvalue weighted by Crippen LogP contribution is 2.48. The monoisotopic (exact) mass is 260 g/mol. The number of aryl methyl sites for hydroxylation is 1. The van der Waals surface area contributed by atoms with Crippen LogP contribution in [0.25, 0.3) is 0 Å². The molecule has 1 aromatic rings. The molecule has 0 aliphatic heterocycles. The Morgan fingerprint density at radius 1 is 1.37 bits per heavy atom. The Balaban J connectivity index is 1.68. The van der Waals surface area contributed by atoms with Crippen LogP contribution >= 0.6 is 0 Å². The molecule has 3 nitrogen and oxygen atoms in total. The Labute approximate surface area is 115 Å². The van der Waals surface area contributed by atoms with E-state index in [1.807, 2.05) is 6.07 Å². The van der Waals surface area contributed by atoms with Crippen LogP contribution in [0.2, 0.25) is 0 Å². The van der Waals surface area contributed by atoms with Gasteiger partial charge in [0.25, 0.3) is 0 Å². The van der Waals surface area contributed by atoms with Crippen molar-refractivity contribution in [3.8, 4) is 0 Å². The van der Waals surface area contributed by atoms with Crippen molar-refractivity contribution in [2.75, 3.05) is 18.5 Å². The second kappa shape index (κ2) is 5.12. The first-order chi connectivity index (χ1) is 9.17. The minimum atomic E-state index is 0.0736. The van der Waals surface area contributed by atoms with Gasteiger partial charge in [0.05, 0.1) is 6.61 Å². The number of pyridine rings is 1. The topological polar surface area (TPSA) is 36.4 Å². The van der Waals surface area contributed by atoms with Gasteiger partial charge in [0.15, 0.2) is 0 Å². The number of rotatable bonds is 4.